The number of benzene rings is 1. The van der Waals surface area contributed by atoms with Crippen molar-refractivity contribution in [3.63, 3.8) is 0 Å². The molecule has 0 aliphatic rings. The number of hydrogen-bond acceptors (Lipinski definition) is 5. The SMILES string of the molecule is Cc1cnn2c(NCc3cccnc3)cc(NCc3cccc(C(F)(F)F)c3)nc12. The fraction of sp³-hybridized carbons (Fsp3) is 0.190. The Kier molecular flexibility index (Phi) is 5.26. The molecule has 0 spiro atoms. The van der Waals surface area contributed by atoms with Crippen LogP contribution in [-0.4, -0.2) is 19.6 Å². The Labute approximate surface area is 170 Å². The van der Waals surface area contributed by atoms with Crippen LogP contribution in [0.3, 0.4) is 0 Å². The smallest absolute Gasteiger partial charge is 0.366 e. The lowest BCUT2D eigenvalue weighted by atomic mass is 10.1. The van der Waals surface area contributed by atoms with Crippen LogP contribution in [-0.2, 0) is 19.3 Å². The van der Waals surface area contributed by atoms with E-state index >= 15 is 0 Å². The summed E-state index contributed by atoms with van der Waals surface area (Å²) in [4.78, 5) is 8.65. The van der Waals surface area contributed by atoms with Crippen LogP contribution >= 0.6 is 0 Å². The number of nitrogens with one attached hydrogen (secondary N) is 2. The zero-order chi connectivity index (χ0) is 21.1. The second kappa shape index (κ2) is 8.02. The first kappa shape index (κ1) is 19.7. The lowest BCUT2D eigenvalue weighted by molar-refractivity contribution is -0.137. The minimum absolute atomic E-state index is 0.211. The minimum atomic E-state index is -4.37. The summed E-state index contributed by atoms with van der Waals surface area (Å²) >= 11 is 0. The zero-order valence-corrected chi connectivity index (χ0v) is 16.1. The molecule has 0 atom stereocenters. The maximum atomic E-state index is 12.9. The number of aromatic nitrogens is 4. The molecule has 0 unspecified atom stereocenters. The van der Waals surface area contributed by atoms with E-state index in [1.807, 2.05) is 19.1 Å². The van der Waals surface area contributed by atoms with Crippen LogP contribution in [0.1, 0.15) is 22.3 Å². The van der Waals surface area contributed by atoms with Crippen LogP contribution in [0, 0.1) is 6.92 Å². The first-order valence-corrected chi connectivity index (χ1v) is 9.28. The number of hydrogen-bond donors (Lipinski definition) is 2. The van der Waals surface area contributed by atoms with Gasteiger partial charge in [-0.25, -0.2) is 4.98 Å². The highest BCUT2D eigenvalue weighted by Crippen LogP contribution is 2.29. The Morgan fingerprint density at radius 3 is 2.53 bits per heavy atom. The highest BCUT2D eigenvalue weighted by Gasteiger charge is 2.30. The number of anilines is 2. The van der Waals surface area contributed by atoms with E-state index in [-0.39, 0.29) is 6.54 Å². The van der Waals surface area contributed by atoms with Crippen molar-refractivity contribution in [3.8, 4) is 0 Å². The molecular weight excluding hydrogens is 393 g/mol. The summed E-state index contributed by atoms with van der Waals surface area (Å²) in [5.41, 5.74) is 2.40. The normalized spacial score (nSPS) is 11.6. The molecule has 0 saturated heterocycles. The molecule has 4 aromatic rings. The van der Waals surface area contributed by atoms with Gasteiger partial charge in [-0.2, -0.15) is 22.8 Å². The monoisotopic (exact) mass is 412 g/mol. The van der Waals surface area contributed by atoms with Crippen LogP contribution in [0.4, 0.5) is 24.8 Å². The first-order chi connectivity index (χ1) is 14.4. The number of halogens is 3. The van der Waals surface area contributed by atoms with Crippen molar-refractivity contribution in [2.75, 3.05) is 10.6 Å². The molecule has 0 radical (unpaired) electrons. The van der Waals surface area contributed by atoms with Crippen molar-refractivity contribution in [2.45, 2.75) is 26.2 Å². The summed E-state index contributed by atoms with van der Waals surface area (Å²) in [6.45, 7) is 2.65. The summed E-state index contributed by atoms with van der Waals surface area (Å²) in [5, 5.41) is 10.8. The maximum Gasteiger partial charge on any atom is 0.416 e. The predicted octanol–water partition coefficient (Wildman–Crippen LogP) is 4.68. The lowest BCUT2D eigenvalue weighted by Crippen LogP contribution is -2.10. The summed E-state index contributed by atoms with van der Waals surface area (Å²) in [5.74, 6) is 1.25. The van der Waals surface area contributed by atoms with E-state index in [0.29, 0.717) is 29.4 Å². The molecule has 2 N–H and O–H groups in total. The van der Waals surface area contributed by atoms with Crippen LogP contribution in [0.2, 0.25) is 0 Å². The Morgan fingerprint density at radius 2 is 1.77 bits per heavy atom. The quantitative estimate of drug-likeness (QED) is 0.482. The van der Waals surface area contributed by atoms with Gasteiger partial charge in [-0.05, 0) is 36.2 Å². The highest BCUT2D eigenvalue weighted by molar-refractivity contribution is 5.60. The average Bonchev–Trinajstić information content (AvgIpc) is 3.12. The fourth-order valence-corrected chi connectivity index (χ4v) is 3.03. The third-order valence-electron chi connectivity index (χ3n) is 4.57. The number of alkyl halides is 3. The Morgan fingerprint density at radius 1 is 0.967 bits per heavy atom. The number of aryl methyl sites for hydroxylation is 1. The molecule has 0 aliphatic carbocycles. The van der Waals surface area contributed by atoms with Crippen molar-refractivity contribution in [2.24, 2.45) is 0 Å². The summed E-state index contributed by atoms with van der Waals surface area (Å²) in [7, 11) is 0. The number of rotatable bonds is 6. The molecule has 3 aromatic heterocycles. The summed E-state index contributed by atoms with van der Waals surface area (Å²) in [6.07, 6.45) is 0.826. The molecular formula is C21H19F3N6. The summed E-state index contributed by atoms with van der Waals surface area (Å²) in [6, 6.07) is 10.8. The Hall–Kier alpha value is -3.62. The van der Waals surface area contributed by atoms with Crippen LogP contribution in [0.15, 0.2) is 61.1 Å². The number of pyridine rings is 1. The van der Waals surface area contributed by atoms with Crippen molar-refractivity contribution in [1.82, 2.24) is 19.6 Å². The van der Waals surface area contributed by atoms with Crippen LogP contribution in [0.25, 0.3) is 5.65 Å². The number of fused-ring (bicyclic) bond motifs is 1. The van der Waals surface area contributed by atoms with E-state index in [1.54, 1.807) is 35.2 Å². The molecule has 30 heavy (non-hydrogen) atoms. The molecule has 0 bridgehead atoms. The molecule has 3 heterocycles. The highest BCUT2D eigenvalue weighted by atomic mass is 19.4. The molecule has 0 fully saturated rings. The van der Waals surface area contributed by atoms with Gasteiger partial charge in [0.15, 0.2) is 5.65 Å². The zero-order valence-electron chi connectivity index (χ0n) is 16.1. The summed E-state index contributed by atoms with van der Waals surface area (Å²) < 4.78 is 40.5. The topological polar surface area (TPSA) is 67.1 Å². The standard InChI is InChI=1S/C21H19F3N6/c1-14-10-28-30-19(27-13-16-5-3-7-25-11-16)9-18(29-20(14)30)26-12-15-4-2-6-17(8-15)21(22,23)24/h2-11,27H,12-13H2,1H3,(H,26,29). The van der Waals surface area contributed by atoms with Gasteiger partial charge < -0.3 is 10.6 Å². The van der Waals surface area contributed by atoms with Crippen LogP contribution < -0.4 is 10.6 Å². The molecule has 0 aliphatic heterocycles. The van der Waals surface area contributed by atoms with Gasteiger partial charge in [0, 0.05) is 37.1 Å². The van der Waals surface area contributed by atoms with Gasteiger partial charge in [-0.3, -0.25) is 4.98 Å². The molecule has 6 nitrogen and oxygen atoms in total. The molecule has 1 aromatic carbocycles. The molecule has 154 valence electrons. The second-order valence-electron chi connectivity index (χ2n) is 6.86. The van der Waals surface area contributed by atoms with E-state index in [2.05, 4.69) is 25.7 Å². The van der Waals surface area contributed by atoms with Gasteiger partial charge in [-0.15, -0.1) is 0 Å². The minimum Gasteiger partial charge on any atom is -0.366 e. The van der Waals surface area contributed by atoms with E-state index in [1.165, 1.54) is 6.07 Å². The Bertz CT molecular complexity index is 1150. The first-order valence-electron chi connectivity index (χ1n) is 9.28. The molecule has 9 heteroatoms. The lowest BCUT2D eigenvalue weighted by Gasteiger charge is -2.13. The Balaban J connectivity index is 1.56. The predicted molar refractivity (Wildman–Crippen MR) is 108 cm³/mol. The van der Waals surface area contributed by atoms with Crippen molar-refractivity contribution in [3.05, 3.63) is 83.3 Å². The van der Waals surface area contributed by atoms with Gasteiger partial charge in [0.2, 0.25) is 0 Å². The van der Waals surface area contributed by atoms with Crippen LogP contribution in [0.5, 0.6) is 0 Å². The average molecular weight is 412 g/mol. The largest absolute Gasteiger partial charge is 0.416 e. The number of nitrogens with zero attached hydrogens (tertiary/aromatic N) is 4. The molecule has 0 saturated carbocycles. The van der Waals surface area contributed by atoms with Gasteiger partial charge in [0.1, 0.15) is 11.6 Å². The third-order valence-corrected chi connectivity index (χ3v) is 4.57. The van der Waals surface area contributed by atoms with Gasteiger partial charge >= 0.3 is 6.18 Å². The van der Waals surface area contributed by atoms with Gasteiger partial charge in [-0.1, -0.05) is 18.2 Å². The third kappa shape index (κ3) is 4.35. The van der Waals surface area contributed by atoms with Gasteiger partial charge in [0.05, 0.1) is 11.8 Å². The van der Waals surface area contributed by atoms with E-state index in [9.17, 15) is 13.2 Å². The van der Waals surface area contributed by atoms with Crippen molar-refractivity contribution >= 4 is 17.3 Å². The van der Waals surface area contributed by atoms with E-state index in [0.717, 1.165) is 23.3 Å². The molecule has 4 rings (SSSR count). The second-order valence-corrected chi connectivity index (χ2v) is 6.86. The fourth-order valence-electron chi connectivity index (χ4n) is 3.03. The van der Waals surface area contributed by atoms with E-state index in [4.69, 9.17) is 0 Å². The van der Waals surface area contributed by atoms with Gasteiger partial charge in [0.25, 0.3) is 0 Å². The molecule has 0 amide bonds. The maximum absolute atomic E-state index is 12.9. The van der Waals surface area contributed by atoms with Crippen molar-refractivity contribution < 1.29 is 13.2 Å². The van der Waals surface area contributed by atoms with Crippen molar-refractivity contribution in [1.29, 1.82) is 0 Å². The van der Waals surface area contributed by atoms with E-state index < -0.39 is 11.7 Å².